The third kappa shape index (κ3) is 4.56. The zero-order valence-corrected chi connectivity index (χ0v) is 12.5. The zero-order chi connectivity index (χ0) is 17.0. The molecule has 23 heavy (non-hydrogen) atoms. The van der Waals surface area contributed by atoms with Gasteiger partial charge in [-0.3, -0.25) is 4.79 Å². The lowest BCUT2D eigenvalue weighted by molar-refractivity contribution is -0.119. The van der Waals surface area contributed by atoms with Crippen LogP contribution in [0.25, 0.3) is 0 Å². The third-order valence-electron chi connectivity index (χ3n) is 3.00. The highest BCUT2D eigenvalue weighted by Crippen LogP contribution is 2.13. The minimum absolute atomic E-state index is 0.0284. The number of rotatable bonds is 5. The molecule has 0 aliphatic heterocycles. The number of carbonyl (C=O) groups is 1. The van der Waals surface area contributed by atoms with Crippen molar-refractivity contribution in [3.05, 3.63) is 65.5 Å². The molecule has 8 heteroatoms. The fourth-order valence-corrected chi connectivity index (χ4v) is 2.87. The van der Waals surface area contributed by atoms with E-state index in [-0.39, 0.29) is 23.3 Å². The quantitative estimate of drug-likeness (QED) is 0.907. The second-order valence-corrected chi connectivity index (χ2v) is 6.40. The average molecular weight is 343 g/mol. The van der Waals surface area contributed by atoms with E-state index in [1.165, 1.54) is 0 Å². The Morgan fingerprint density at radius 3 is 2.22 bits per heavy atom. The minimum Gasteiger partial charge on any atom is -0.274 e. The molecule has 0 spiro atoms. The SMILES string of the molecule is O=C(CCc1cc(F)ccc1F)NS(=O)(=O)c1ccc(F)cc1. The summed E-state index contributed by atoms with van der Waals surface area (Å²) in [5.74, 6) is -2.82. The molecule has 0 bridgehead atoms. The van der Waals surface area contributed by atoms with Gasteiger partial charge in [-0.25, -0.2) is 26.3 Å². The van der Waals surface area contributed by atoms with Crippen molar-refractivity contribution in [3.63, 3.8) is 0 Å². The Morgan fingerprint density at radius 2 is 1.57 bits per heavy atom. The second-order valence-electron chi connectivity index (χ2n) is 4.72. The van der Waals surface area contributed by atoms with Crippen molar-refractivity contribution in [2.24, 2.45) is 0 Å². The van der Waals surface area contributed by atoms with Crippen LogP contribution in [0.2, 0.25) is 0 Å². The highest BCUT2D eigenvalue weighted by molar-refractivity contribution is 7.90. The van der Waals surface area contributed by atoms with Crippen LogP contribution in [0.4, 0.5) is 13.2 Å². The Bertz CT molecular complexity index is 820. The lowest BCUT2D eigenvalue weighted by Gasteiger charge is -2.07. The minimum atomic E-state index is -4.13. The van der Waals surface area contributed by atoms with Crippen LogP contribution in [0, 0.1) is 17.5 Å². The number of hydrogen-bond acceptors (Lipinski definition) is 3. The Kier molecular flexibility index (Phi) is 5.05. The molecule has 2 aromatic carbocycles. The maximum absolute atomic E-state index is 13.4. The van der Waals surface area contributed by atoms with Crippen LogP contribution in [-0.2, 0) is 21.2 Å². The first kappa shape index (κ1) is 17.0. The number of nitrogens with one attached hydrogen (secondary N) is 1. The van der Waals surface area contributed by atoms with Gasteiger partial charge in [0.25, 0.3) is 10.0 Å². The molecule has 2 rings (SSSR count). The number of carbonyl (C=O) groups excluding carboxylic acids is 1. The summed E-state index contributed by atoms with van der Waals surface area (Å²) in [6.45, 7) is 0. The zero-order valence-electron chi connectivity index (χ0n) is 11.7. The van der Waals surface area contributed by atoms with Crippen molar-refractivity contribution in [3.8, 4) is 0 Å². The summed E-state index contributed by atoms with van der Waals surface area (Å²) in [5, 5.41) is 0. The number of hydrogen-bond donors (Lipinski definition) is 1. The van der Waals surface area contributed by atoms with E-state index in [0.717, 1.165) is 42.5 Å². The molecule has 0 unspecified atom stereocenters. The summed E-state index contributed by atoms with van der Waals surface area (Å²) >= 11 is 0. The Morgan fingerprint density at radius 1 is 0.957 bits per heavy atom. The highest BCUT2D eigenvalue weighted by Gasteiger charge is 2.18. The summed E-state index contributed by atoms with van der Waals surface area (Å²) in [6, 6.07) is 6.73. The summed E-state index contributed by atoms with van der Waals surface area (Å²) in [6.07, 6.45) is -0.505. The predicted octanol–water partition coefficient (Wildman–Crippen LogP) is 2.54. The molecule has 2 aromatic rings. The van der Waals surface area contributed by atoms with Gasteiger partial charge in [0.1, 0.15) is 17.5 Å². The number of amides is 1. The topological polar surface area (TPSA) is 63.2 Å². The number of sulfonamides is 1. The Hall–Kier alpha value is -2.35. The van der Waals surface area contributed by atoms with Crippen LogP contribution < -0.4 is 4.72 Å². The normalized spacial score (nSPS) is 11.3. The van der Waals surface area contributed by atoms with E-state index in [0.29, 0.717) is 0 Å². The van der Waals surface area contributed by atoms with E-state index < -0.39 is 33.4 Å². The van der Waals surface area contributed by atoms with Crippen LogP contribution >= 0.6 is 0 Å². The summed E-state index contributed by atoms with van der Waals surface area (Å²) in [5.41, 5.74) is -0.0284. The average Bonchev–Trinajstić information content (AvgIpc) is 2.48. The largest absolute Gasteiger partial charge is 0.274 e. The fourth-order valence-electron chi connectivity index (χ4n) is 1.86. The van der Waals surface area contributed by atoms with Gasteiger partial charge >= 0.3 is 0 Å². The predicted molar refractivity (Wildman–Crippen MR) is 76.4 cm³/mol. The first-order valence-electron chi connectivity index (χ1n) is 6.53. The maximum atomic E-state index is 13.4. The molecule has 0 aliphatic rings. The summed E-state index contributed by atoms with van der Waals surface area (Å²) in [7, 11) is -4.13. The highest BCUT2D eigenvalue weighted by atomic mass is 32.2. The number of benzene rings is 2. The van der Waals surface area contributed by atoms with Crippen molar-refractivity contribution in [1.29, 1.82) is 0 Å². The lowest BCUT2D eigenvalue weighted by atomic mass is 10.1. The van der Waals surface area contributed by atoms with Gasteiger partial charge in [-0.05, 0) is 54.4 Å². The van der Waals surface area contributed by atoms with Gasteiger partial charge in [0.05, 0.1) is 4.90 Å². The van der Waals surface area contributed by atoms with E-state index in [2.05, 4.69) is 0 Å². The van der Waals surface area contributed by atoms with Gasteiger partial charge < -0.3 is 0 Å². The Labute approximate surface area is 131 Å². The van der Waals surface area contributed by atoms with Gasteiger partial charge in [-0.2, -0.15) is 0 Å². The van der Waals surface area contributed by atoms with Crippen molar-refractivity contribution in [2.45, 2.75) is 17.7 Å². The molecule has 0 atom stereocenters. The van der Waals surface area contributed by atoms with Crippen LogP contribution in [0.3, 0.4) is 0 Å². The molecule has 0 fully saturated rings. The first-order chi connectivity index (χ1) is 10.8. The molecular weight excluding hydrogens is 331 g/mol. The van der Waals surface area contributed by atoms with Crippen molar-refractivity contribution in [1.82, 2.24) is 4.72 Å². The van der Waals surface area contributed by atoms with Crippen molar-refractivity contribution in [2.75, 3.05) is 0 Å². The van der Waals surface area contributed by atoms with Gasteiger partial charge in [0.2, 0.25) is 5.91 Å². The standard InChI is InChI=1S/C15H12F3NO3S/c16-11-2-5-13(6-3-11)23(21,22)19-15(20)8-1-10-9-12(17)4-7-14(10)18/h2-7,9H,1,8H2,(H,19,20). The molecule has 1 amide bonds. The third-order valence-corrected chi connectivity index (χ3v) is 4.39. The van der Waals surface area contributed by atoms with Crippen molar-refractivity contribution < 1.29 is 26.4 Å². The van der Waals surface area contributed by atoms with E-state index in [1.54, 1.807) is 4.72 Å². The smallest absolute Gasteiger partial charge is 0.264 e. The monoisotopic (exact) mass is 343 g/mol. The number of halogens is 3. The fraction of sp³-hybridized carbons (Fsp3) is 0.133. The molecule has 0 heterocycles. The molecule has 0 aromatic heterocycles. The maximum Gasteiger partial charge on any atom is 0.264 e. The molecule has 0 radical (unpaired) electrons. The van der Waals surface area contributed by atoms with E-state index >= 15 is 0 Å². The second kappa shape index (κ2) is 6.82. The number of aryl methyl sites for hydroxylation is 1. The van der Waals surface area contributed by atoms with Gasteiger partial charge in [-0.15, -0.1) is 0 Å². The van der Waals surface area contributed by atoms with Crippen LogP contribution in [0.5, 0.6) is 0 Å². The first-order valence-corrected chi connectivity index (χ1v) is 8.01. The van der Waals surface area contributed by atoms with E-state index in [4.69, 9.17) is 0 Å². The summed E-state index contributed by atoms with van der Waals surface area (Å²) < 4.78 is 64.8. The van der Waals surface area contributed by atoms with Gasteiger partial charge in [0.15, 0.2) is 0 Å². The van der Waals surface area contributed by atoms with Gasteiger partial charge in [-0.1, -0.05) is 0 Å². The van der Waals surface area contributed by atoms with Crippen molar-refractivity contribution >= 4 is 15.9 Å². The van der Waals surface area contributed by atoms with Crippen LogP contribution in [0.15, 0.2) is 47.4 Å². The summed E-state index contributed by atoms with van der Waals surface area (Å²) in [4.78, 5) is 11.4. The molecule has 4 nitrogen and oxygen atoms in total. The Balaban J connectivity index is 2.01. The molecule has 0 saturated heterocycles. The molecule has 0 aliphatic carbocycles. The van der Waals surface area contributed by atoms with E-state index in [1.807, 2.05) is 0 Å². The van der Waals surface area contributed by atoms with Crippen LogP contribution in [-0.4, -0.2) is 14.3 Å². The van der Waals surface area contributed by atoms with E-state index in [9.17, 15) is 26.4 Å². The molecule has 0 saturated carbocycles. The molecule has 122 valence electrons. The molecular formula is C15H12F3NO3S. The molecule has 1 N–H and O–H groups in total. The van der Waals surface area contributed by atoms with Gasteiger partial charge in [0, 0.05) is 6.42 Å². The van der Waals surface area contributed by atoms with Crippen LogP contribution in [0.1, 0.15) is 12.0 Å². The lowest BCUT2D eigenvalue weighted by Crippen LogP contribution is -2.30.